The number of allylic oxidation sites excluding steroid dienone is 3. The average molecular weight is 684 g/mol. The van der Waals surface area contributed by atoms with E-state index in [-0.39, 0.29) is 11.8 Å². The predicted octanol–water partition coefficient (Wildman–Crippen LogP) is 11.4. The lowest BCUT2D eigenvalue weighted by atomic mass is 9.72. The third-order valence-corrected chi connectivity index (χ3v) is 12.7. The van der Waals surface area contributed by atoms with Crippen LogP contribution in [0.3, 0.4) is 0 Å². The van der Waals surface area contributed by atoms with Crippen LogP contribution in [0.2, 0.25) is 0 Å². The van der Waals surface area contributed by atoms with Crippen LogP contribution >= 0.6 is 11.8 Å². The molecule has 0 fully saturated rings. The predicted molar refractivity (Wildman–Crippen MR) is 212 cm³/mol. The van der Waals surface area contributed by atoms with Crippen LogP contribution in [0, 0.1) is 0 Å². The van der Waals surface area contributed by atoms with E-state index in [4.69, 9.17) is 15.0 Å². The van der Waals surface area contributed by atoms with Gasteiger partial charge in [-0.05, 0) is 80.3 Å². The summed E-state index contributed by atoms with van der Waals surface area (Å²) in [7, 11) is 0. The van der Waals surface area contributed by atoms with E-state index in [0.29, 0.717) is 11.2 Å². The fourth-order valence-electron chi connectivity index (χ4n) is 9.17. The van der Waals surface area contributed by atoms with E-state index in [1.807, 2.05) is 18.0 Å². The number of pyridine rings is 1. The zero-order chi connectivity index (χ0) is 34.2. The molecule has 5 aromatic carbocycles. The standard InChI is InChI=1S/C48H33N3S/c1-3-12-29(13-4-1)38-26-31-16-7-8-17-32(31)33-22-23-37-44(39-28-49-25-24-34(39)46(37)47(33)38)41-27-40(50-48(51-41)30-14-5-2-6-15-30)35-19-11-21-43-45(35)36-18-9-10-20-42(36)52-43/h1-25,27-28,36,38,42,44H,26H2/t36?,38?,42?,44-/m0/s1. The Morgan fingerprint density at radius 3 is 2.33 bits per heavy atom. The molecule has 7 aromatic rings. The van der Waals surface area contributed by atoms with Crippen LogP contribution in [-0.4, -0.2) is 20.2 Å². The minimum Gasteiger partial charge on any atom is -0.264 e. The second-order valence-corrected chi connectivity index (χ2v) is 15.4. The summed E-state index contributed by atoms with van der Waals surface area (Å²) >= 11 is 1.96. The van der Waals surface area contributed by atoms with Gasteiger partial charge in [-0.25, -0.2) is 9.97 Å². The van der Waals surface area contributed by atoms with Crippen molar-refractivity contribution in [1.82, 2.24) is 15.0 Å². The number of hydrogen-bond donors (Lipinski definition) is 0. The van der Waals surface area contributed by atoms with E-state index < -0.39 is 0 Å². The smallest absolute Gasteiger partial charge is 0.160 e. The van der Waals surface area contributed by atoms with Gasteiger partial charge >= 0.3 is 0 Å². The Bertz CT molecular complexity index is 2610. The molecule has 3 nitrogen and oxygen atoms in total. The van der Waals surface area contributed by atoms with Crippen LogP contribution in [0.1, 0.15) is 56.8 Å². The highest BCUT2D eigenvalue weighted by atomic mass is 32.2. The van der Waals surface area contributed by atoms with Crippen LogP contribution in [0.5, 0.6) is 0 Å². The molecule has 0 saturated carbocycles. The van der Waals surface area contributed by atoms with E-state index in [1.54, 1.807) is 0 Å². The molecule has 0 spiro atoms. The molecule has 3 heterocycles. The number of nitrogens with zero attached hydrogens (tertiary/aromatic N) is 3. The van der Waals surface area contributed by atoms with Crippen molar-refractivity contribution >= 4 is 11.8 Å². The van der Waals surface area contributed by atoms with Gasteiger partial charge in [-0.3, -0.25) is 4.98 Å². The summed E-state index contributed by atoms with van der Waals surface area (Å²) in [5.41, 5.74) is 17.5. The van der Waals surface area contributed by atoms with E-state index in [2.05, 4.69) is 158 Å². The Labute approximate surface area is 307 Å². The van der Waals surface area contributed by atoms with Gasteiger partial charge in [0.25, 0.3) is 0 Å². The molecule has 4 heteroatoms. The lowest BCUT2D eigenvalue weighted by molar-refractivity contribution is 0.794. The number of hydrogen-bond acceptors (Lipinski definition) is 4. The normalized spacial score (nSPS) is 20.0. The Morgan fingerprint density at radius 1 is 0.615 bits per heavy atom. The summed E-state index contributed by atoms with van der Waals surface area (Å²) in [4.78, 5) is 16.9. The SMILES string of the molecule is C1=CC2Sc3cccc(-c4cc([C@@H]5c6cnccc6-c6c5ccc5c6C(c6ccccc6)Cc6ccccc6-5)nc(-c5ccccc5)n4)c3C2C=C1. The van der Waals surface area contributed by atoms with Gasteiger partial charge in [0.1, 0.15) is 0 Å². The summed E-state index contributed by atoms with van der Waals surface area (Å²) < 4.78 is 0. The van der Waals surface area contributed by atoms with Gasteiger partial charge in [0.15, 0.2) is 5.82 Å². The summed E-state index contributed by atoms with van der Waals surface area (Å²) in [5.74, 6) is 1.22. The third-order valence-electron chi connectivity index (χ3n) is 11.4. The van der Waals surface area contributed by atoms with Crippen molar-refractivity contribution in [2.45, 2.75) is 34.3 Å². The second-order valence-electron chi connectivity index (χ2n) is 14.2. The van der Waals surface area contributed by atoms with Crippen molar-refractivity contribution in [3.05, 3.63) is 203 Å². The molecule has 52 heavy (non-hydrogen) atoms. The molecule has 0 saturated heterocycles. The van der Waals surface area contributed by atoms with Gasteiger partial charge in [0.05, 0.1) is 17.3 Å². The Balaban J connectivity index is 1.16. The molecule has 246 valence electrons. The van der Waals surface area contributed by atoms with Crippen molar-refractivity contribution in [1.29, 1.82) is 0 Å². The molecule has 0 bridgehead atoms. The maximum Gasteiger partial charge on any atom is 0.160 e. The van der Waals surface area contributed by atoms with Crippen LogP contribution < -0.4 is 0 Å². The zero-order valence-electron chi connectivity index (χ0n) is 28.4. The molecule has 0 N–H and O–H groups in total. The Kier molecular flexibility index (Phi) is 6.81. The number of thioether (sulfide) groups is 1. The molecule has 4 atom stereocenters. The highest BCUT2D eigenvalue weighted by Gasteiger charge is 2.39. The Morgan fingerprint density at radius 2 is 1.42 bits per heavy atom. The fraction of sp³-hybridized carbons (Fsp3) is 0.104. The van der Waals surface area contributed by atoms with Gasteiger partial charge in [-0.2, -0.15) is 0 Å². The molecule has 2 aromatic heterocycles. The number of rotatable bonds is 4. The number of benzene rings is 5. The Hall–Kier alpha value is -5.84. The summed E-state index contributed by atoms with van der Waals surface area (Å²) in [6.45, 7) is 0. The van der Waals surface area contributed by atoms with E-state index >= 15 is 0 Å². The molecule has 3 unspecified atom stereocenters. The monoisotopic (exact) mass is 683 g/mol. The molecule has 3 aliphatic carbocycles. The largest absolute Gasteiger partial charge is 0.264 e. The maximum atomic E-state index is 5.44. The molecule has 4 aliphatic rings. The molecule has 11 rings (SSSR count). The first-order valence-corrected chi connectivity index (χ1v) is 19.0. The van der Waals surface area contributed by atoms with Crippen molar-refractivity contribution < 1.29 is 0 Å². The van der Waals surface area contributed by atoms with Crippen molar-refractivity contribution in [3.8, 4) is 44.9 Å². The zero-order valence-corrected chi connectivity index (χ0v) is 29.2. The minimum absolute atomic E-state index is 0.0850. The van der Waals surface area contributed by atoms with Crippen LogP contribution in [0.15, 0.2) is 169 Å². The van der Waals surface area contributed by atoms with Gasteiger partial charge in [-0.15, -0.1) is 11.8 Å². The molecule has 0 radical (unpaired) electrons. The van der Waals surface area contributed by atoms with E-state index in [9.17, 15) is 0 Å². The van der Waals surface area contributed by atoms with Crippen molar-refractivity contribution in [2.75, 3.05) is 0 Å². The van der Waals surface area contributed by atoms with E-state index in [1.165, 1.54) is 66.1 Å². The third kappa shape index (κ3) is 4.57. The number of aromatic nitrogens is 3. The lowest BCUT2D eigenvalue weighted by Crippen LogP contribution is -2.14. The van der Waals surface area contributed by atoms with Crippen LogP contribution in [0.25, 0.3) is 44.9 Å². The highest BCUT2D eigenvalue weighted by Crippen LogP contribution is 2.56. The first kappa shape index (κ1) is 29.8. The number of fused-ring (bicyclic) bond motifs is 10. The van der Waals surface area contributed by atoms with Gasteiger partial charge in [-0.1, -0.05) is 133 Å². The van der Waals surface area contributed by atoms with Crippen molar-refractivity contribution in [2.24, 2.45) is 0 Å². The summed E-state index contributed by atoms with van der Waals surface area (Å²) in [5, 5.41) is 0.407. The fourth-order valence-corrected chi connectivity index (χ4v) is 10.5. The molecular formula is C48H33N3S. The van der Waals surface area contributed by atoms with E-state index in [0.717, 1.165) is 29.2 Å². The van der Waals surface area contributed by atoms with Crippen LogP contribution in [0.4, 0.5) is 0 Å². The van der Waals surface area contributed by atoms with Gasteiger partial charge < -0.3 is 0 Å². The van der Waals surface area contributed by atoms with Gasteiger partial charge in [0.2, 0.25) is 0 Å². The topological polar surface area (TPSA) is 38.7 Å². The summed E-state index contributed by atoms with van der Waals surface area (Å²) in [6.07, 6.45) is 14.0. The lowest BCUT2D eigenvalue weighted by Gasteiger charge is -2.31. The molecule has 1 aliphatic heterocycles. The first-order chi connectivity index (χ1) is 25.8. The van der Waals surface area contributed by atoms with Crippen molar-refractivity contribution in [3.63, 3.8) is 0 Å². The average Bonchev–Trinajstić information content (AvgIpc) is 3.77. The maximum absolute atomic E-state index is 5.44. The summed E-state index contributed by atoms with van der Waals surface area (Å²) in [6, 6.07) is 46.4. The first-order valence-electron chi connectivity index (χ1n) is 18.1. The molecular weight excluding hydrogens is 651 g/mol. The second kappa shape index (κ2) is 11.9. The van der Waals surface area contributed by atoms with Gasteiger partial charge in [0, 0.05) is 45.5 Å². The van der Waals surface area contributed by atoms with Crippen LogP contribution in [-0.2, 0) is 6.42 Å². The molecule has 0 amide bonds. The highest BCUT2D eigenvalue weighted by molar-refractivity contribution is 8.00. The quantitative estimate of drug-likeness (QED) is 0.185. The minimum atomic E-state index is -0.0850.